The van der Waals surface area contributed by atoms with Gasteiger partial charge in [0.25, 0.3) is 5.91 Å². The predicted molar refractivity (Wildman–Crippen MR) is 152 cm³/mol. The Kier molecular flexibility index (Phi) is 11.4. The van der Waals surface area contributed by atoms with Crippen LogP contribution in [-0.4, -0.2) is 48.0 Å². The topological polar surface area (TPSA) is 174 Å². The summed E-state index contributed by atoms with van der Waals surface area (Å²) in [5.41, 5.74) is 3.37. The van der Waals surface area contributed by atoms with Crippen LogP contribution in [0.15, 0.2) is 65.7 Å². The van der Waals surface area contributed by atoms with E-state index in [9.17, 15) is 18.0 Å². The molecule has 40 heavy (non-hydrogen) atoms. The van der Waals surface area contributed by atoms with E-state index in [0.717, 1.165) is 19.3 Å². The Balaban J connectivity index is 1.50. The van der Waals surface area contributed by atoms with Gasteiger partial charge in [-0.15, -0.1) is 0 Å². The number of carbonyl (C=O) groups excluding carboxylic acids is 2. The van der Waals surface area contributed by atoms with Crippen LogP contribution < -0.4 is 26.2 Å². The Hall–Kier alpha value is -4.07. The second-order valence-corrected chi connectivity index (χ2v) is 11.1. The summed E-state index contributed by atoms with van der Waals surface area (Å²) in [7, 11) is -3.63. The van der Waals surface area contributed by atoms with Crippen LogP contribution in [-0.2, 0) is 14.8 Å². The number of rotatable bonds is 15. The van der Waals surface area contributed by atoms with E-state index in [1.54, 1.807) is 68.0 Å². The van der Waals surface area contributed by atoms with E-state index < -0.39 is 15.9 Å². The van der Waals surface area contributed by atoms with Crippen molar-refractivity contribution in [3.8, 4) is 0 Å². The van der Waals surface area contributed by atoms with Gasteiger partial charge in [-0.25, -0.2) is 23.6 Å². The molecule has 3 rings (SSSR count). The van der Waals surface area contributed by atoms with Crippen LogP contribution in [0.2, 0.25) is 0 Å². The molecule has 2 aromatic carbocycles. The van der Waals surface area contributed by atoms with Gasteiger partial charge in [0, 0.05) is 42.1 Å². The van der Waals surface area contributed by atoms with Gasteiger partial charge >= 0.3 is 0 Å². The normalized spacial score (nSPS) is 11.2. The van der Waals surface area contributed by atoms with Gasteiger partial charge in [-0.05, 0) is 75.2 Å². The molecule has 6 N–H and O–H groups in total. The standard InChI is InChI=1S/C27H35N7O5S/c1-19(2)34-40(38,39)23-9-7-8-22(18-23)30-24-15-17-29-27(32-24)31-21-13-11-20(12-14-21)26(36)28-16-6-4-3-5-10-25(35)33-37/h7-9,11-15,17-19,34,37H,3-6,10,16H2,1-2H3,(H,28,36)(H,33,35)(H2,29,30,31,32). The molecule has 214 valence electrons. The summed E-state index contributed by atoms with van der Waals surface area (Å²) in [6.45, 7) is 4.05. The molecular formula is C27H35N7O5S. The van der Waals surface area contributed by atoms with Gasteiger partial charge in [-0.3, -0.25) is 14.8 Å². The van der Waals surface area contributed by atoms with Crippen LogP contribution in [0.4, 0.5) is 23.1 Å². The summed E-state index contributed by atoms with van der Waals surface area (Å²) < 4.78 is 27.5. The molecule has 2 amide bonds. The SMILES string of the molecule is CC(C)NS(=O)(=O)c1cccc(Nc2ccnc(Nc3ccc(C(=O)NCCCCCCC(=O)NO)cc3)n2)c1. The Morgan fingerprint density at radius 3 is 2.40 bits per heavy atom. The molecular weight excluding hydrogens is 534 g/mol. The number of anilines is 4. The summed E-state index contributed by atoms with van der Waals surface area (Å²) in [5, 5.41) is 17.5. The maximum absolute atomic E-state index is 12.5. The van der Waals surface area contributed by atoms with Crippen LogP contribution in [0.3, 0.4) is 0 Å². The second kappa shape index (κ2) is 14.9. The van der Waals surface area contributed by atoms with E-state index in [4.69, 9.17) is 5.21 Å². The number of sulfonamides is 1. The van der Waals surface area contributed by atoms with Gasteiger partial charge in [-0.1, -0.05) is 18.9 Å². The maximum atomic E-state index is 12.5. The Labute approximate surface area is 234 Å². The number of unbranched alkanes of at least 4 members (excludes halogenated alkanes) is 3. The number of benzene rings is 2. The number of amides is 2. The molecule has 0 aliphatic carbocycles. The monoisotopic (exact) mass is 569 g/mol. The van der Waals surface area contributed by atoms with Crippen molar-refractivity contribution < 1.29 is 23.2 Å². The summed E-state index contributed by atoms with van der Waals surface area (Å²) in [5.74, 6) is 0.222. The molecule has 0 atom stereocenters. The molecule has 0 fully saturated rings. The minimum Gasteiger partial charge on any atom is -0.352 e. The van der Waals surface area contributed by atoms with Gasteiger partial charge in [-0.2, -0.15) is 4.98 Å². The lowest BCUT2D eigenvalue weighted by Gasteiger charge is -2.12. The molecule has 0 radical (unpaired) electrons. The minimum absolute atomic E-state index is 0.146. The molecule has 0 saturated carbocycles. The molecule has 1 heterocycles. The van der Waals surface area contributed by atoms with Crippen molar-refractivity contribution in [2.24, 2.45) is 0 Å². The smallest absolute Gasteiger partial charge is 0.251 e. The maximum Gasteiger partial charge on any atom is 0.251 e. The van der Waals surface area contributed by atoms with Gasteiger partial charge in [0.15, 0.2) is 0 Å². The molecule has 0 bridgehead atoms. The zero-order valence-electron chi connectivity index (χ0n) is 22.5. The third kappa shape index (κ3) is 9.91. The lowest BCUT2D eigenvalue weighted by molar-refractivity contribution is -0.129. The number of hydroxylamine groups is 1. The largest absolute Gasteiger partial charge is 0.352 e. The Morgan fingerprint density at radius 2 is 1.68 bits per heavy atom. The van der Waals surface area contributed by atoms with Gasteiger partial charge in [0.2, 0.25) is 21.9 Å². The molecule has 0 spiro atoms. The molecule has 0 aliphatic rings. The van der Waals surface area contributed by atoms with E-state index in [1.165, 1.54) is 12.1 Å². The van der Waals surface area contributed by atoms with Crippen molar-refractivity contribution in [3.63, 3.8) is 0 Å². The number of hydrogen-bond acceptors (Lipinski definition) is 9. The first-order valence-electron chi connectivity index (χ1n) is 13.0. The molecule has 12 nitrogen and oxygen atoms in total. The molecule has 0 unspecified atom stereocenters. The highest BCUT2D eigenvalue weighted by molar-refractivity contribution is 7.89. The average molecular weight is 570 g/mol. The summed E-state index contributed by atoms with van der Waals surface area (Å²) in [6.07, 6.45) is 5.05. The lowest BCUT2D eigenvalue weighted by Crippen LogP contribution is -2.30. The molecule has 1 aromatic heterocycles. The fraction of sp³-hybridized carbons (Fsp3) is 0.333. The number of carbonyl (C=O) groups is 2. The van der Waals surface area contributed by atoms with Crippen LogP contribution in [0, 0.1) is 0 Å². The first-order chi connectivity index (χ1) is 19.2. The van der Waals surface area contributed by atoms with Crippen molar-refractivity contribution >= 4 is 45.0 Å². The highest BCUT2D eigenvalue weighted by Gasteiger charge is 2.15. The van der Waals surface area contributed by atoms with Crippen molar-refractivity contribution in [1.82, 2.24) is 25.5 Å². The quantitative estimate of drug-likeness (QED) is 0.0902. The first-order valence-corrected chi connectivity index (χ1v) is 14.5. The molecule has 0 saturated heterocycles. The van der Waals surface area contributed by atoms with Gasteiger partial charge in [0.05, 0.1) is 4.90 Å². The van der Waals surface area contributed by atoms with Crippen LogP contribution in [0.5, 0.6) is 0 Å². The summed E-state index contributed by atoms with van der Waals surface area (Å²) in [6, 6.07) is 14.8. The fourth-order valence-corrected chi connectivity index (χ4v) is 5.01. The molecule has 0 aliphatic heterocycles. The number of aromatic nitrogens is 2. The van der Waals surface area contributed by atoms with E-state index in [1.807, 2.05) is 0 Å². The fourth-order valence-electron chi connectivity index (χ4n) is 3.71. The Bertz CT molecular complexity index is 1380. The van der Waals surface area contributed by atoms with E-state index in [2.05, 4.69) is 30.6 Å². The highest BCUT2D eigenvalue weighted by atomic mass is 32.2. The Morgan fingerprint density at radius 1 is 0.925 bits per heavy atom. The third-order valence-corrected chi connectivity index (χ3v) is 7.26. The zero-order valence-corrected chi connectivity index (χ0v) is 23.3. The predicted octanol–water partition coefficient (Wildman–Crippen LogP) is 3.84. The van der Waals surface area contributed by atoms with E-state index in [-0.39, 0.29) is 23.3 Å². The molecule has 13 heteroatoms. The van der Waals surface area contributed by atoms with Gasteiger partial charge in [0.1, 0.15) is 5.82 Å². The second-order valence-electron chi connectivity index (χ2n) is 9.35. The average Bonchev–Trinajstić information content (AvgIpc) is 2.92. The third-order valence-electron chi connectivity index (χ3n) is 5.61. The van der Waals surface area contributed by atoms with Crippen LogP contribution in [0.1, 0.15) is 56.3 Å². The zero-order chi connectivity index (χ0) is 29.0. The van der Waals surface area contributed by atoms with E-state index >= 15 is 0 Å². The van der Waals surface area contributed by atoms with Crippen LogP contribution >= 0.6 is 0 Å². The van der Waals surface area contributed by atoms with Crippen molar-refractivity contribution in [2.75, 3.05) is 17.2 Å². The van der Waals surface area contributed by atoms with Gasteiger partial charge < -0.3 is 16.0 Å². The van der Waals surface area contributed by atoms with Crippen molar-refractivity contribution in [1.29, 1.82) is 0 Å². The highest BCUT2D eigenvalue weighted by Crippen LogP contribution is 2.21. The minimum atomic E-state index is -3.63. The van der Waals surface area contributed by atoms with Crippen LogP contribution in [0.25, 0.3) is 0 Å². The number of hydrogen-bond donors (Lipinski definition) is 6. The number of nitrogens with zero attached hydrogens (tertiary/aromatic N) is 2. The first kappa shape index (κ1) is 30.5. The van der Waals surface area contributed by atoms with E-state index in [0.29, 0.717) is 41.7 Å². The summed E-state index contributed by atoms with van der Waals surface area (Å²) >= 11 is 0. The van der Waals surface area contributed by atoms with Crippen molar-refractivity contribution in [3.05, 3.63) is 66.4 Å². The number of nitrogens with one attached hydrogen (secondary N) is 5. The van der Waals surface area contributed by atoms with Crippen molar-refractivity contribution in [2.45, 2.75) is 56.9 Å². The lowest BCUT2D eigenvalue weighted by atomic mass is 10.1. The molecule has 3 aromatic rings. The summed E-state index contributed by atoms with van der Waals surface area (Å²) in [4.78, 5) is 32.2.